The molecule has 0 saturated heterocycles. The standard InChI is InChI=1S/C23H24N2O3S/c1-5-27-18-10-9-17(20-16(18)11-12-23(2,3)28-20)19-21(29-22(24)25-19)14-7-6-8-15(13-14)26-4/h6-13H,5H2,1-4H3,(H2,24,25). The molecule has 2 N–H and O–H groups in total. The highest BCUT2D eigenvalue weighted by atomic mass is 32.1. The van der Waals surface area contributed by atoms with E-state index in [0.717, 1.165) is 44.5 Å². The molecule has 1 aromatic heterocycles. The van der Waals surface area contributed by atoms with Crippen LogP contribution in [0.1, 0.15) is 26.3 Å². The summed E-state index contributed by atoms with van der Waals surface area (Å²) in [5.41, 5.74) is 9.32. The van der Waals surface area contributed by atoms with Crippen LogP contribution in [0.3, 0.4) is 0 Å². The highest BCUT2D eigenvalue weighted by Gasteiger charge is 2.29. The third-order valence-corrected chi connectivity index (χ3v) is 5.64. The fraction of sp³-hybridized carbons (Fsp3) is 0.261. The van der Waals surface area contributed by atoms with Gasteiger partial charge in [0.15, 0.2) is 5.13 Å². The van der Waals surface area contributed by atoms with Crippen LogP contribution in [-0.2, 0) is 0 Å². The highest BCUT2D eigenvalue weighted by Crippen LogP contribution is 2.48. The van der Waals surface area contributed by atoms with Crippen molar-refractivity contribution in [2.24, 2.45) is 0 Å². The molecule has 6 heteroatoms. The van der Waals surface area contributed by atoms with Crippen molar-refractivity contribution in [2.45, 2.75) is 26.4 Å². The molecule has 5 nitrogen and oxygen atoms in total. The van der Waals surface area contributed by atoms with Crippen molar-refractivity contribution in [3.8, 4) is 38.9 Å². The summed E-state index contributed by atoms with van der Waals surface area (Å²) >= 11 is 1.45. The van der Waals surface area contributed by atoms with Gasteiger partial charge in [0.2, 0.25) is 0 Å². The number of fused-ring (bicyclic) bond motifs is 1. The number of nitrogens with zero attached hydrogens (tertiary/aromatic N) is 1. The third-order valence-electron chi connectivity index (χ3n) is 4.70. The lowest BCUT2D eigenvalue weighted by atomic mass is 9.96. The van der Waals surface area contributed by atoms with Gasteiger partial charge < -0.3 is 19.9 Å². The Hall–Kier alpha value is -2.99. The molecule has 4 rings (SSSR count). The van der Waals surface area contributed by atoms with Gasteiger partial charge in [-0.3, -0.25) is 0 Å². The van der Waals surface area contributed by atoms with Gasteiger partial charge in [0, 0.05) is 5.56 Å². The fourth-order valence-electron chi connectivity index (χ4n) is 3.38. The summed E-state index contributed by atoms with van der Waals surface area (Å²) in [6.07, 6.45) is 4.11. The molecule has 0 saturated carbocycles. The maximum atomic E-state index is 6.37. The van der Waals surface area contributed by atoms with Crippen LogP contribution in [0, 0.1) is 0 Å². The molecule has 2 aromatic carbocycles. The largest absolute Gasteiger partial charge is 0.497 e. The second-order valence-electron chi connectivity index (χ2n) is 7.29. The number of aromatic nitrogens is 1. The summed E-state index contributed by atoms with van der Waals surface area (Å²) in [6, 6.07) is 11.9. The number of nitrogen functional groups attached to an aromatic ring is 1. The molecular weight excluding hydrogens is 384 g/mol. The summed E-state index contributed by atoms with van der Waals surface area (Å²) in [5, 5.41) is 0.506. The maximum Gasteiger partial charge on any atom is 0.181 e. The number of anilines is 1. The lowest BCUT2D eigenvalue weighted by Crippen LogP contribution is -2.28. The van der Waals surface area contributed by atoms with Gasteiger partial charge in [0.1, 0.15) is 22.8 Å². The topological polar surface area (TPSA) is 66.6 Å². The molecule has 0 spiro atoms. The Morgan fingerprint density at radius 3 is 2.79 bits per heavy atom. The normalized spacial score (nSPS) is 14.2. The minimum Gasteiger partial charge on any atom is -0.497 e. The first-order valence-electron chi connectivity index (χ1n) is 9.51. The Morgan fingerprint density at radius 2 is 2.03 bits per heavy atom. The zero-order chi connectivity index (χ0) is 20.6. The first-order valence-corrected chi connectivity index (χ1v) is 10.3. The van der Waals surface area contributed by atoms with Gasteiger partial charge in [-0.2, -0.15) is 0 Å². The summed E-state index contributed by atoms with van der Waals surface area (Å²) in [7, 11) is 1.66. The van der Waals surface area contributed by atoms with Crippen molar-refractivity contribution in [3.05, 3.63) is 48.0 Å². The second kappa shape index (κ2) is 7.44. The molecule has 1 aliphatic heterocycles. The van der Waals surface area contributed by atoms with E-state index in [1.165, 1.54) is 11.3 Å². The van der Waals surface area contributed by atoms with Crippen LogP contribution >= 0.6 is 11.3 Å². The molecule has 0 aliphatic carbocycles. The molecule has 3 aromatic rings. The van der Waals surface area contributed by atoms with Gasteiger partial charge in [0.05, 0.1) is 29.9 Å². The van der Waals surface area contributed by atoms with E-state index < -0.39 is 5.60 Å². The van der Waals surface area contributed by atoms with E-state index in [2.05, 4.69) is 11.1 Å². The summed E-state index contributed by atoms with van der Waals surface area (Å²) in [4.78, 5) is 5.63. The molecular formula is C23H24N2O3S. The number of hydrogen-bond donors (Lipinski definition) is 1. The quantitative estimate of drug-likeness (QED) is 0.591. The Kier molecular flexibility index (Phi) is 4.96. The van der Waals surface area contributed by atoms with Crippen LogP contribution in [0.15, 0.2) is 42.5 Å². The molecule has 0 bridgehead atoms. The van der Waals surface area contributed by atoms with Gasteiger partial charge in [-0.25, -0.2) is 4.98 Å². The van der Waals surface area contributed by atoms with Crippen molar-refractivity contribution in [2.75, 3.05) is 19.5 Å². The van der Waals surface area contributed by atoms with Crippen molar-refractivity contribution in [3.63, 3.8) is 0 Å². The predicted octanol–water partition coefficient (Wildman–Crippen LogP) is 5.65. The molecule has 150 valence electrons. The number of nitrogens with two attached hydrogens (primary N) is 1. The first kappa shape index (κ1) is 19.3. The Balaban J connectivity index is 1.92. The minimum absolute atomic E-state index is 0.426. The van der Waals surface area contributed by atoms with E-state index in [1.807, 2.05) is 63.2 Å². The zero-order valence-electron chi connectivity index (χ0n) is 17.0. The summed E-state index contributed by atoms with van der Waals surface area (Å²) < 4.78 is 17.6. The number of thiazole rings is 1. The van der Waals surface area contributed by atoms with Crippen LogP contribution in [0.25, 0.3) is 27.8 Å². The molecule has 1 aliphatic rings. The lowest BCUT2D eigenvalue weighted by Gasteiger charge is -2.30. The van der Waals surface area contributed by atoms with E-state index >= 15 is 0 Å². The third kappa shape index (κ3) is 3.68. The van der Waals surface area contributed by atoms with E-state index in [4.69, 9.17) is 19.9 Å². The average Bonchev–Trinajstić information content (AvgIpc) is 3.09. The minimum atomic E-state index is -0.426. The zero-order valence-corrected chi connectivity index (χ0v) is 17.8. The van der Waals surface area contributed by atoms with Gasteiger partial charge in [-0.15, -0.1) is 0 Å². The molecule has 0 atom stereocenters. The SMILES string of the molecule is CCOc1ccc(-c2nc(N)sc2-c2cccc(OC)c2)c2c1C=CC(C)(C)O2. The molecule has 0 unspecified atom stereocenters. The van der Waals surface area contributed by atoms with Crippen LogP contribution < -0.4 is 19.9 Å². The van der Waals surface area contributed by atoms with Crippen LogP contribution in [0.5, 0.6) is 17.2 Å². The van der Waals surface area contributed by atoms with E-state index in [9.17, 15) is 0 Å². The molecule has 29 heavy (non-hydrogen) atoms. The average molecular weight is 409 g/mol. The van der Waals surface area contributed by atoms with Crippen molar-refractivity contribution in [1.29, 1.82) is 0 Å². The van der Waals surface area contributed by atoms with Gasteiger partial charge in [-0.05, 0) is 62.8 Å². The maximum absolute atomic E-state index is 6.37. The van der Waals surface area contributed by atoms with E-state index in [0.29, 0.717) is 11.7 Å². The van der Waals surface area contributed by atoms with Crippen LogP contribution in [-0.4, -0.2) is 24.3 Å². The number of rotatable bonds is 5. The van der Waals surface area contributed by atoms with Crippen molar-refractivity contribution >= 4 is 22.5 Å². The molecule has 0 amide bonds. The Morgan fingerprint density at radius 1 is 1.21 bits per heavy atom. The van der Waals surface area contributed by atoms with E-state index in [-0.39, 0.29) is 0 Å². The monoisotopic (exact) mass is 408 g/mol. The number of methoxy groups -OCH3 is 1. The fourth-order valence-corrected chi connectivity index (χ4v) is 4.22. The number of benzene rings is 2. The number of hydrogen-bond acceptors (Lipinski definition) is 6. The predicted molar refractivity (Wildman–Crippen MR) is 119 cm³/mol. The summed E-state index contributed by atoms with van der Waals surface area (Å²) in [6.45, 7) is 6.62. The van der Waals surface area contributed by atoms with Crippen molar-refractivity contribution < 1.29 is 14.2 Å². The highest BCUT2D eigenvalue weighted by molar-refractivity contribution is 7.19. The number of ether oxygens (including phenoxy) is 3. The molecule has 0 fully saturated rings. The summed E-state index contributed by atoms with van der Waals surface area (Å²) in [5.74, 6) is 2.34. The van der Waals surface area contributed by atoms with Gasteiger partial charge in [-0.1, -0.05) is 23.5 Å². The van der Waals surface area contributed by atoms with Gasteiger partial charge >= 0.3 is 0 Å². The Labute approximate surface area is 174 Å². The van der Waals surface area contributed by atoms with E-state index in [1.54, 1.807) is 7.11 Å². The Bertz CT molecular complexity index is 1090. The van der Waals surface area contributed by atoms with Gasteiger partial charge in [0.25, 0.3) is 0 Å². The van der Waals surface area contributed by atoms with Crippen LogP contribution in [0.4, 0.5) is 5.13 Å². The molecule has 0 radical (unpaired) electrons. The van der Waals surface area contributed by atoms with Crippen LogP contribution in [0.2, 0.25) is 0 Å². The smallest absolute Gasteiger partial charge is 0.181 e. The lowest BCUT2D eigenvalue weighted by molar-refractivity contribution is 0.159. The van der Waals surface area contributed by atoms with Crippen molar-refractivity contribution in [1.82, 2.24) is 4.98 Å². The first-order chi connectivity index (χ1) is 13.9. The second-order valence-corrected chi connectivity index (χ2v) is 8.32. The molecule has 2 heterocycles.